The number of aromatic nitrogens is 3. The van der Waals surface area contributed by atoms with Gasteiger partial charge in [-0.05, 0) is 12.5 Å². The summed E-state index contributed by atoms with van der Waals surface area (Å²) >= 11 is 7.35. The number of ether oxygens (including phenoxy) is 2. The molecule has 26 heavy (non-hydrogen) atoms. The molecule has 0 spiro atoms. The maximum absolute atomic E-state index is 9.32. The number of hydrogen-bond acceptors (Lipinski definition) is 8. The van der Waals surface area contributed by atoms with Crippen LogP contribution in [0.1, 0.15) is 12.1 Å². The summed E-state index contributed by atoms with van der Waals surface area (Å²) in [6.07, 6.45) is 4.43. The predicted octanol–water partition coefficient (Wildman–Crippen LogP) is 2.40. The summed E-state index contributed by atoms with van der Waals surface area (Å²) in [6, 6.07) is 2.24. The molecule has 2 aliphatic rings. The smallest absolute Gasteiger partial charge is 0.175 e. The highest BCUT2D eigenvalue weighted by Crippen LogP contribution is 2.44. The van der Waals surface area contributed by atoms with E-state index in [9.17, 15) is 5.11 Å². The topological polar surface area (TPSA) is 80.6 Å². The van der Waals surface area contributed by atoms with E-state index in [0.29, 0.717) is 29.3 Å². The van der Waals surface area contributed by atoms with Crippen LogP contribution in [0.5, 0.6) is 5.75 Å². The van der Waals surface area contributed by atoms with Crippen LogP contribution in [0.2, 0.25) is 5.15 Å². The van der Waals surface area contributed by atoms with Gasteiger partial charge in [-0.15, -0.1) is 0 Å². The van der Waals surface area contributed by atoms with Gasteiger partial charge in [0, 0.05) is 25.8 Å². The number of anilines is 1. The molecule has 1 saturated heterocycles. The van der Waals surface area contributed by atoms with Crippen LogP contribution in [0.15, 0.2) is 28.4 Å². The van der Waals surface area contributed by atoms with Crippen molar-refractivity contribution < 1.29 is 14.6 Å². The molecular weight excluding hydrogens is 376 g/mol. The van der Waals surface area contributed by atoms with Crippen LogP contribution in [0, 0.1) is 5.92 Å². The molecule has 9 heteroatoms. The maximum atomic E-state index is 9.32. The second-order valence-corrected chi connectivity index (χ2v) is 7.76. The third-order valence-corrected chi connectivity index (χ3v) is 5.84. The fourth-order valence-corrected chi connectivity index (χ4v) is 4.47. The number of aliphatic hydroxyl groups excluding tert-OH is 1. The van der Waals surface area contributed by atoms with Crippen LogP contribution < -0.4 is 9.64 Å². The molecule has 4 rings (SSSR count). The second kappa shape index (κ2) is 7.56. The Bertz CT molecular complexity index is 810. The second-order valence-electron chi connectivity index (χ2n) is 6.34. The van der Waals surface area contributed by atoms with Gasteiger partial charge in [0.1, 0.15) is 17.3 Å². The molecule has 1 unspecified atom stereocenters. The van der Waals surface area contributed by atoms with Gasteiger partial charge in [-0.2, -0.15) is 0 Å². The van der Waals surface area contributed by atoms with Gasteiger partial charge in [0.15, 0.2) is 16.7 Å². The van der Waals surface area contributed by atoms with E-state index in [1.54, 1.807) is 19.5 Å². The minimum Gasteiger partial charge on any atom is -0.486 e. The number of aliphatic hydroxyl groups is 1. The van der Waals surface area contributed by atoms with Crippen LogP contribution in [-0.2, 0) is 11.3 Å². The van der Waals surface area contributed by atoms with Crippen molar-refractivity contribution in [3.8, 4) is 5.75 Å². The Morgan fingerprint density at radius 2 is 2.35 bits per heavy atom. The molecule has 2 atom stereocenters. The monoisotopic (exact) mass is 394 g/mol. The molecule has 4 heterocycles. The largest absolute Gasteiger partial charge is 0.486 e. The number of hydrogen-bond donors (Lipinski definition) is 1. The van der Waals surface area contributed by atoms with Gasteiger partial charge in [-0.1, -0.05) is 23.4 Å². The molecule has 1 fully saturated rings. The number of fused-ring (bicyclic) bond motifs is 3. The molecule has 0 bridgehead atoms. The summed E-state index contributed by atoms with van der Waals surface area (Å²) < 4.78 is 11.4. The summed E-state index contributed by atoms with van der Waals surface area (Å²) in [5.41, 5.74) is 0.363. The van der Waals surface area contributed by atoms with Crippen LogP contribution in [0.4, 0.5) is 5.82 Å². The van der Waals surface area contributed by atoms with Crippen molar-refractivity contribution in [3.05, 3.63) is 29.3 Å². The van der Waals surface area contributed by atoms with E-state index in [2.05, 4.69) is 19.9 Å². The van der Waals surface area contributed by atoms with Crippen molar-refractivity contribution >= 4 is 29.2 Å². The highest BCUT2D eigenvalue weighted by Gasteiger charge is 2.38. The average Bonchev–Trinajstić information content (AvgIpc) is 3.07. The molecule has 138 valence electrons. The molecule has 2 aromatic rings. The number of nitrogens with zero attached hydrogens (tertiary/aromatic N) is 4. The number of rotatable bonds is 5. The van der Waals surface area contributed by atoms with Gasteiger partial charge < -0.3 is 19.5 Å². The van der Waals surface area contributed by atoms with Gasteiger partial charge in [-0.3, -0.25) is 0 Å². The Balaban J connectivity index is 1.60. The third kappa shape index (κ3) is 3.34. The van der Waals surface area contributed by atoms with Crippen LogP contribution in [-0.4, -0.2) is 53.0 Å². The molecule has 0 saturated carbocycles. The standard InChI is InChI=1S/C17H19ClN4O3S/c1-24-8-10-4-11-9-25-15-13(2-3-19-17(15)22(11)6-10)26-14-5-20-16(18)12(7-23)21-14/h2-3,5,10-11,23H,4,6-9H2,1H3/t10?,11-/m0/s1. The van der Waals surface area contributed by atoms with Gasteiger partial charge in [0.05, 0.1) is 30.3 Å². The van der Waals surface area contributed by atoms with Crippen LogP contribution in [0.25, 0.3) is 0 Å². The van der Waals surface area contributed by atoms with Crippen LogP contribution >= 0.6 is 23.4 Å². The first-order valence-corrected chi connectivity index (χ1v) is 9.56. The molecule has 0 radical (unpaired) electrons. The van der Waals surface area contributed by atoms with Gasteiger partial charge in [0.2, 0.25) is 0 Å². The molecular formula is C17H19ClN4O3S. The molecule has 7 nitrogen and oxygen atoms in total. The first-order chi connectivity index (χ1) is 12.7. The lowest BCUT2D eigenvalue weighted by atomic mass is 10.1. The Morgan fingerprint density at radius 3 is 3.15 bits per heavy atom. The summed E-state index contributed by atoms with van der Waals surface area (Å²) in [6.45, 7) is 2.06. The molecule has 2 aromatic heterocycles. The zero-order valence-electron chi connectivity index (χ0n) is 14.3. The van der Waals surface area contributed by atoms with E-state index in [0.717, 1.165) is 36.0 Å². The molecule has 0 amide bonds. The van der Waals surface area contributed by atoms with E-state index in [-0.39, 0.29) is 11.8 Å². The lowest BCUT2D eigenvalue weighted by molar-refractivity contribution is 0.157. The quantitative estimate of drug-likeness (QED) is 0.828. The van der Waals surface area contributed by atoms with Crippen molar-refractivity contribution in [2.75, 3.05) is 31.8 Å². The molecule has 0 aliphatic carbocycles. The van der Waals surface area contributed by atoms with E-state index < -0.39 is 0 Å². The van der Waals surface area contributed by atoms with E-state index in [1.807, 2.05) is 6.07 Å². The van der Waals surface area contributed by atoms with Crippen molar-refractivity contribution in [2.24, 2.45) is 5.92 Å². The van der Waals surface area contributed by atoms with Gasteiger partial charge >= 0.3 is 0 Å². The van der Waals surface area contributed by atoms with E-state index >= 15 is 0 Å². The first-order valence-electron chi connectivity index (χ1n) is 8.37. The highest BCUT2D eigenvalue weighted by atomic mass is 35.5. The van der Waals surface area contributed by atoms with Gasteiger partial charge in [0.25, 0.3) is 0 Å². The van der Waals surface area contributed by atoms with Crippen molar-refractivity contribution in [2.45, 2.75) is 29.0 Å². The summed E-state index contributed by atoms with van der Waals surface area (Å²) in [5, 5.41) is 10.2. The SMILES string of the molecule is COCC1C[C@H]2COc3c(Sc4cnc(Cl)c(CO)n4)ccnc3N2C1. The predicted molar refractivity (Wildman–Crippen MR) is 97.9 cm³/mol. The molecule has 0 aromatic carbocycles. The molecule has 1 N–H and O–H groups in total. The third-order valence-electron chi connectivity index (χ3n) is 4.58. The van der Waals surface area contributed by atoms with E-state index in [4.69, 9.17) is 21.1 Å². The molecule has 2 aliphatic heterocycles. The fourth-order valence-electron chi connectivity index (χ4n) is 3.46. The summed E-state index contributed by atoms with van der Waals surface area (Å²) in [7, 11) is 1.74. The highest BCUT2D eigenvalue weighted by molar-refractivity contribution is 7.99. The fraction of sp³-hybridized carbons (Fsp3) is 0.471. The van der Waals surface area contributed by atoms with Gasteiger partial charge in [-0.25, -0.2) is 15.0 Å². The summed E-state index contributed by atoms with van der Waals surface area (Å²) in [5.74, 6) is 2.13. The normalized spacial score (nSPS) is 21.3. The Morgan fingerprint density at radius 1 is 1.46 bits per heavy atom. The zero-order valence-corrected chi connectivity index (χ0v) is 15.8. The minimum atomic E-state index is -0.248. The average molecular weight is 395 g/mol. The van der Waals surface area contributed by atoms with Crippen molar-refractivity contribution in [1.29, 1.82) is 0 Å². The number of pyridine rings is 1. The number of halogens is 1. The van der Waals surface area contributed by atoms with E-state index in [1.165, 1.54) is 11.8 Å². The van der Waals surface area contributed by atoms with Crippen molar-refractivity contribution in [1.82, 2.24) is 15.0 Å². The zero-order chi connectivity index (χ0) is 18.1. The van der Waals surface area contributed by atoms with Crippen molar-refractivity contribution in [3.63, 3.8) is 0 Å². The maximum Gasteiger partial charge on any atom is 0.175 e. The number of methoxy groups -OCH3 is 1. The first kappa shape index (κ1) is 17.8. The minimum absolute atomic E-state index is 0.217. The summed E-state index contributed by atoms with van der Waals surface area (Å²) in [4.78, 5) is 16.2. The Kier molecular flexibility index (Phi) is 5.17. The Labute approximate surface area is 160 Å². The Hall–Kier alpha value is -1.61. The van der Waals surface area contributed by atoms with Crippen LogP contribution in [0.3, 0.4) is 0 Å². The lowest BCUT2D eigenvalue weighted by Crippen LogP contribution is -2.39. The lowest BCUT2D eigenvalue weighted by Gasteiger charge is -2.33.